The van der Waals surface area contributed by atoms with Gasteiger partial charge in [-0.05, 0) is 24.3 Å². The maximum atomic E-state index is 11.9. The molecule has 116 valence electrons. The van der Waals surface area contributed by atoms with Crippen molar-refractivity contribution in [1.29, 1.82) is 0 Å². The maximum absolute atomic E-state index is 11.9. The van der Waals surface area contributed by atoms with E-state index in [-0.39, 0.29) is 11.8 Å². The van der Waals surface area contributed by atoms with Crippen LogP contribution in [0.15, 0.2) is 24.3 Å². The third kappa shape index (κ3) is 6.27. The topological polar surface area (TPSA) is 70.7 Å². The van der Waals surface area contributed by atoms with Crippen LogP contribution in [0.1, 0.15) is 16.8 Å². The Balaban J connectivity index is 2.29. The smallest absolute Gasteiger partial charge is 0.251 e. The minimum Gasteiger partial charge on any atom is -0.384 e. The van der Waals surface area contributed by atoms with Crippen molar-refractivity contribution in [1.82, 2.24) is 10.6 Å². The van der Waals surface area contributed by atoms with E-state index in [1.807, 2.05) is 31.1 Å². The molecule has 1 aromatic carbocycles. The molecular weight excluding hydrogens is 270 g/mol. The summed E-state index contributed by atoms with van der Waals surface area (Å²) in [5.74, 6) is -0.229. The Morgan fingerprint density at radius 2 is 1.71 bits per heavy atom. The van der Waals surface area contributed by atoms with Crippen LogP contribution in [0, 0.1) is 0 Å². The van der Waals surface area contributed by atoms with Gasteiger partial charge in [-0.15, -0.1) is 0 Å². The lowest BCUT2D eigenvalue weighted by molar-refractivity contribution is -0.121. The normalized spacial score (nSPS) is 10.0. The third-order valence-corrected chi connectivity index (χ3v) is 2.91. The molecule has 0 aliphatic carbocycles. The highest BCUT2D eigenvalue weighted by Crippen LogP contribution is 2.11. The van der Waals surface area contributed by atoms with E-state index in [2.05, 4.69) is 10.6 Å². The van der Waals surface area contributed by atoms with Crippen molar-refractivity contribution in [2.24, 2.45) is 0 Å². The van der Waals surface area contributed by atoms with E-state index in [4.69, 9.17) is 4.74 Å². The molecule has 0 aromatic heterocycles. The van der Waals surface area contributed by atoms with Crippen LogP contribution in [-0.2, 0) is 9.53 Å². The van der Waals surface area contributed by atoms with Gasteiger partial charge in [0.2, 0.25) is 5.91 Å². The third-order valence-electron chi connectivity index (χ3n) is 2.91. The zero-order valence-electron chi connectivity index (χ0n) is 12.8. The van der Waals surface area contributed by atoms with E-state index in [0.29, 0.717) is 31.7 Å². The molecule has 1 rings (SSSR count). The van der Waals surface area contributed by atoms with Crippen LogP contribution in [0.2, 0.25) is 0 Å². The van der Waals surface area contributed by atoms with Gasteiger partial charge in [0, 0.05) is 52.0 Å². The van der Waals surface area contributed by atoms with Crippen LogP contribution in [-0.4, -0.2) is 52.7 Å². The predicted octanol–water partition coefficient (Wildman–Crippen LogP) is 0.635. The lowest BCUT2D eigenvalue weighted by atomic mass is 10.2. The monoisotopic (exact) mass is 293 g/mol. The molecule has 0 bridgehead atoms. The Labute approximate surface area is 125 Å². The quantitative estimate of drug-likeness (QED) is 0.690. The molecule has 0 saturated heterocycles. The highest BCUT2D eigenvalue weighted by atomic mass is 16.5. The number of carbonyl (C=O) groups excluding carboxylic acids is 2. The summed E-state index contributed by atoms with van der Waals surface area (Å²) in [5.41, 5.74) is 1.64. The van der Waals surface area contributed by atoms with Gasteiger partial charge in [-0.3, -0.25) is 9.59 Å². The van der Waals surface area contributed by atoms with Gasteiger partial charge in [-0.1, -0.05) is 0 Å². The van der Waals surface area contributed by atoms with E-state index in [1.165, 1.54) is 0 Å². The summed E-state index contributed by atoms with van der Waals surface area (Å²) in [6.07, 6.45) is 0.330. The lowest BCUT2D eigenvalue weighted by Gasteiger charge is -2.12. The van der Waals surface area contributed by atoms with Gasteiger partial charge in [0.1, 0.15) is 0 Å². The van der Waals surface area contributed by atoms with Crippen LogP contribution in [0.5, 0.6) is 0 Å². The standard InChI is InChI=1S/C15H23N3O3/c1-18(2)13-6-4-12(5-7-13)15(20)17-10-9-16-14(19)8-11-21-3/h4-7H,8-11H2,1-3H3,(H,16,19)(H,17,20). The number of amides is 2. The van der Waals surface area contributed by atoms with Crippen molar-refractivity contribution < 1.29 is 14.3 Å². The molecule has 0 fully saturated rings. The fraction of sp³-hybridized carbons (Fsp3) is 0.467. The fourth-order valence-corrected chi connectivity index (χ4v) is 1.67. The number of nitrogens with zero attached hydrogens (tertiary/aromatic N) is 1. The van der Waals surface area contributed by atoms with E-state index in [0.717, 1.165) is 5.69 Å². The summed E-state index contributed by atoms with van der Waals surface area (Å²) in [6.45, 7) is 1.20. The van der Waals surface area contributed by atoms with Gasteiger partial charge < -0.3 is 20.3 Å². The molecule has 2 N–H and O–H groups in total. The molecule has 0 aliphatic rings. The first-order valence-electron chi connectivity index (χ1n) is 6.86. The number of anilines is 1. The number of hydrogen-bond donors (Lipinski definition) is 2. The fourth-order valence-electron chi connectivity index (χ4n) is 1.67. The lowest BCUT2D eigenvalue weighted by Crippen LogP contribution is -2.35. The minimum absolute atomic E-state index is 0.0820. The second-order valence-corrected chi connectivity index (χ2v) is 4.79. The van der Waals surface area contributed by atoms with Crippen LogP contribution < -0.4 is 15.5 Å². The second-order valence-electron chi connectivity index (χ2n) is 4.79. The van der Waals surface area contributed by atoms with Crippen LogP contribution >= 0.6 is 0 Å². The number of carbonyl (C=O) groups is 2. The molecule has 1 aromatic rings. The summed E-state index contributed by atoms with van der Waals surface area (Å²) in [5, 5.41) is 5.47. The summed E-state index contributed by atoms with van der Waals surface area (Å²) < 4.78 is 4.81. The largest absolute Gasteiger partial charge is 0.384 e. The van der Waals surface area contributed by atoms with Crippen LogP contribution in [0.3, 0.4) is 0 Å². The van der Waals surface area contributed by atoms with E-state index in [1.54, 1.807) is 19.2 Å². The summed E-state index contributed by atoms with van der Waals surface area (Å²) >= 11 is 0. The molecule has 0 unspecified atom stereocenters. The zero-order valence-corrected chi connectivity index (χ0v) is 12.8. The van der Waals surface area contributed by atoms with Crippen molar-refractivity contribution in [3.05, 3.63) is 29.8 Å². The average Bonchev–Trinajstić information content (AvgIpc) is 2.49. The van der Waals surface area contributed by atoms with Gasteiger partial charge in [-0.2, -0.15) is 0 Å². The van der Waals surface area contributed by atoms with Gasteiger partial charge in [0.05, 0.1) is 6.61 Å². The van der Waals surface area contributed by atoms with Gasteiger partial charge in [-0.25, -0.2) is 0 Å². The molecule has 0 aliphatic heterocycles. The van der Waals surface area contributed by atoms with Gasteiger partial charge in [0.25, 0.3) is 5.91 Å². The molecular formula is C15H23N3O3. The number of ether oxygens (including phenoxy) is 1. The Morgan fingerprint density at radius 1 is 1.10 bits per heavy atom. The SMILES string of the molecule is COCCC(=O)NCCNC(=O)c1ccc(N(C)C)cc1. The Bertz CT molecular complexity index is 458. The Morgan fingerprint density at radius 3 is 2.29 bits per heavy atom. The van der Waals surface area contributed by atoms with Crippen molar-refractivity contribution in [2.45, 2.75) is 6.42 Å². The van der Waals surface area contributed by atoms with Crippen LogP contribution in [0.4, 0.5) is 5.69 Å². The van der Waals surface area contributed by atoms with Crippen molar-refractivity contribution in [3.63, 3.8) is 0 Å². The Hall–Kier alpha value is -2.08. The summed E-state index contributed by atoms with van der Waals surface area (Å²) in [4.78, 5) is 25.2. The molecule has 0 spiro atoms. The summed E-state index contributed by atoms with van der Waals surface area (Å²) in [6, 6.07) is 7.34. The second kappa shape index (κ2) is 8.97. The molecule has 6 nitrogen and oxygen atoms in total. The first-order valence-corrected chi connectivity index (χ1v) is 6.86. The molecule has 0 radical (unpaired) electrons. The number of methoxy groups -OCH3 is 1. The number of nitrogens with one attached hydrogen (secondary N) is 2. The van der Waals surface area contributed by atoms with Gasteiger partial charge in [0.15, 0.2) is 0 Å². The molecule has 0 heterocycles. The Kier molecular flexibility index (Phi) is 7.25. The van der Waals surface area contributed by atoms with Gasteiger partial charge >= 0.3 is 0 Å². The number of hydrogen-bond acceptors (Lipinski definition) is 4. The first-order chi connectivity index (χ1) is 10.0. The average molecular weight is 293 g/mol. The molecule has 21 heavy (non-hydrogen) atoms. The van der Waals surface area contributed by atoms with Crippen LogP contribution in [0.25, 0.3) is 0 Å². The molecule has 0 saturated carbocycles. The summed E-state index contributed by atoms with van der Waals surface area (Å²) in [7, 11) is 5.44. The highest BCUT2D eigenvalue weighted by molar-refractivity contribution is 5.94. The van der Waals surface area contributed by atoms with Crippen molar-refractivity contribution in [3.8, 4) is 0 Å². The maximum Gasteiger partial charge on any atom is 0.251 e. The zero-order chi connectivity index (χ0) is 15.7. The van der Waals surface area contributed by atoms with E-state index in [9.17, 15) is 9.59 Å². The number of rotatable bonds is 8. The van der Waals surface area contributed by atoms with E-state index < -0.39 is 0 Å². The molecule has 0 atom stereocenters. The highest BCUT2D eigenvalue weighted by Gasteiger charge is 2.05. The minimum atomic E-state index is -0.147. The predicted molar refractivity (Wildman–Crippen MR) is 82.6 cm³/mol. The first kappa shape index (κ1) is 17.0. The van der Waals surface area contributed by atoms with Crippen molar-refractivity contribution >= 4 is 17.5 Å². The molecule has 6 heteroatoms. The molecule has 2 amide bonds. The number of benzene rings is 1. The van der Waals surface area contributed by atoms with E-state index >= 15 is 0 Å². The van der Waals surface area contributed by atoms with Crippen molar-refractivity contribution in [2.75, 3.05) is 45.8 Å².